The van der Waals surface area contributed by atoms with Crippen LogP contribution in [0.3, 0.4) is 0 Å². The molecule has 2 aliphatic rings. The van der Waals surface area contributed by atoms with Crippen molar-refractivity contribution in [2.45, 2.75) is 112 Å². The van der Waals surface area contributed by atoms with Gasteiger partial charge < -0.3 is 31.3 Å². The van der Waals surface area contributed by atoms with Gasteiger partial charge >= 0.3 is 18.2 Å². The molecule has 4 atom stereocenters. The van der Waals surface area contributed by atoms with Gasteiger partial charge in [0.1, 0.15) is 11.8 Å². The van der Waals surface area contributed by atoms with Crippen molar-refractivity contribution >= 4 is 57.2 Å². The van der Waals surface area contributed by atoms with Gasteiger partial charge in [-0.25, -0.2) is 27.8 Å². The molecule has 0 unspecified atom stereocenters. The third kappa shape index (κ3) is 14.9. The van der Waals surface area contributed by atoms with Crippen LogP contribution < -0.4 is 36.5 Å². The monoisotopic (exact) mass is 1010 g/mol. The number of thioether (sulfide) groups is 1. The number of alkyl halides is 3. The van der Waals surface area contributed by atoms with Crippen LogP contribution in [-0.4, -0.2) is 90.1 Å². The molecule has 2 saturated heterocycles. The normalized spacial score (nSPS) is 16.8. The number of sulfonamides is 1. The molecule has 2 fully saturated rings. The smallest absolute Gasteiger partial charge is 0.425 e. The van der Waals surface area contributed by atoms with Crippen molar-refractivity contribution in [2.24, 2.45) is 10.3 Å². The number of urea groups is 1. The quantitative estimate of drug-likeness (QED) is 0.00808. The first kappa shape index (κ1) is 52.7. The number of azide groups is 1. The predicted molar refractivity (Wildman–Crippen MR) is 255 cm³/mol. The number of ether oxygens (including phenoxy) is 1. The molecular weight excluding hydrogens is 956 g/mol. The highest BCUT2D eigenvalue weighted by atomic mass is 32.2. The Morgan fingerprint density at radius 2 is 1.60 bits per heavy atom. The number of rotatable bonds is 24. The van der Waals surface area contributed by atoms with Gasteiger partial charge in [-0.05, 0) is 111 Å². The van der Waals surface area contributed by atoms with Gasteiger partial charge in [-0.15, -0.1) is 0 Å². The minimum absolute atomic E-state index is 0.00685. The third-order valence-electron chi connectivity index (χ3n) is 11.7. The Hall–Kier alpha value is -6.62. The number of aryl methyl sites for hydroxylation is 1. The number of aromatic nitrogens is 2. The lowest BCUT2D eigenvalue weighted by atomic mass is 10.0. The van der Waals surface area contributed by atoms with Gasteiger partial charge in [0.25, 0.3) is 5.91 Å². The second-order valence-electron chi connectivity index (χ2n) is 16.9. The average molecular weight is 1010 g/mol. The zero-order valence-corrected chi connectivity index (χ0v) is 39.8. The number of nitrogens with one attached hydrogen (secondary N) is 5. The van der Waals surface area contributed by atoms with E-state index in [-0.39, 0.29) is 88.2 Å². The van der Waals surface area contributed by atoms with Crippen molar-refractivity contribution in [1.82, 2.24) is 36.4 Å². The number of nitrogens with zero attached hydrogens (tertiary/aromatic N) is 5. The summed E-state index contributed by atoms with van der Waals surface area (Å²) in [6.07, 6.45) is 1.46. The lowest BCUT2D eigenvalue weighted by molar-refractivity contribution is -0.141. The van der Waals surface area contributed by atoms with Gasteiger partial charge in [0.15, 0.2) is 5.69 Å². The first-order valence-electron chi connectivity index (χ1n) is 22.7. The number of carbonyl (C=O) groups excluding carboxylic acids is 5. The van der Waals surface area contributed by atoms with Crippen LogP contribution in [0, 0.1) is 6.92 Å². The number of primary sulfonamides is 1. The first-order chi connectivity index (χ1) is 33.4. The zero-order chi connectivity index (χ0) is 50.4. The number of fused-ring (bicyclic) bond motifs is 1. The molecule has 2 aliphatic heterocycles. The van der Waals surface area contributed by atoms with Crippen LogP contribution in [0.1, 0.15) is 92.2 Å². The molecule has 6 rings (SSSR count). The Kier molecular flexibility index (Phi) is 18.3. The Morgan fingerprint density at radius 1 is 0.929 bits per heavy atom. The summed E-state index contributed by atoms with van der Waals surface area (Å²) in [5.41, 5.74) is 8.52. The van der Waals surface area contributed by atoms with Crippen LogP contribution in [0.25, 0.3) is 27.4 Å². The van der Waals surface area contributed by atoms with E-state index in [1.165, 1.54) is 54.6 Å². The van der Waals surface area contributed by atoms with E-state index in [1.54, 1.807) is 6.92 Å². The standard InChI is InChI=1S/C46H54F3N11O8S2/c1-28-13-14-30(36-26-39(46(47,48)49)58-60(36)32-19-21-33(22-20-32)70(51,66)67)25-37(28)68-44(64)34(54-43(63)29-15-17-31(18-16-29)57-59-50)9-6-8-24-53-40(61)11-3-2-7-23-52-41(62)12-5-4-10-38-42-35(27-69-38)55-45(65)56-42/h13-22,25-26,34-35,38,42H,2-12,23-24,27H2,1H3,(H,52,62)(H,53,61)(H,54,63)(H2,51,66,67)(H2,55,56,65)/t34-,35+,38+,42-/m1/s1. The number of nitrogens with two attached hydrogens (primary N) is 1. The molecule has 19 nitrogen and oxygen atoms in total. The number of benzene rings is 3. The van der Waals surface area contributed by atoms with Gasteiger partial charge in [0.2, 0.25) is 21.8 Å². The van der Waals surface area contributed by atoms with E-state index < -0.39 is 39.8 Å². The lowest BCUT2D eigenvalue weighted by Gasteiger charge is -2.19. The number of hydrogen-bond acceptors (Lipinski definition) is 11. The van der Waals surface area contributed by atoms with Crippen molar-refractivity contribution in [3.63, 3.8) is 0 Å². The van der Waals surface area contributed by atoms with E-state index in [9.17, 15) is 45.6 Å². The fraction of sp³-hybridized carbons (Fsp3) is 0.435. The number of hydrogen-bond donors (Lipinski definition) is 6. The molecule has 3 aromatic carbocycles. The SMILES string of the molecule is Cc1ccc(-c2cc(C(F)(F)F)nn2-c2ccc(S(N)(=O)=O)cc2)cc1OC(=O)[C@@H](CCCCNC(=O)CCCCCNC(=O)CCCC[C@@H]1SC[C@@H]2NC(=O)N[C@H]21)NC(=O)c1ccc(N=[N+]=[N-])cc1. The van der Waals surface area contributed by atoms with Gasteiger partial charge in [-0.1, -0.05) is 42.2 Å². The maximum absolute atomic E-state index is 14.0. The second-order valence-corrected chi connectivity index (χ2v) is 19.7. The molecule has 0 aliphatic carbocycles. The number of carbonyl (C=O) groups is 5. The predicted octanol–water partition coefficient (Wildman–Crippen LogP) is 6.85. The molecule has 0 bridgehead atoms. The van der Waals surface area contributed by atoms with Gasteiger partial charge in [-0.3, -0.25) is 14.4 Å². The summed E-state index contributed by atoms with van der Waals surface area (Å²) in [7, 11) is -4.10. The van der Waals surface area contributed by atoms with Gasteiger partial charge in [0, 0.05) is 58.7 Å². The van der Waals surface area contributed by atoms with Crippen molar-refractivity contribution in [2.75, 3.05) is 18.8 Å². The molecule has 0 radical (unpaired) electrons. The Labute approximate surface area is 406 Å². The van der Waals surface area contributed by atoms with Crippen molar-refractivity contribution < 1.29 is 50.3 Å². The fourth-order valence-corrected chi connectivity index (χ4v) is 10.00. The molecule has 374 valence electrons. The number of amides is 5. The highest BCUT2D eigenvalue weighted by molar-refractivity contribution is 8.00. The second kappa shape index (κ2) is 24.3. The largest absolute Gasteiger partial charge is 0.435 e. The van der Waals surface area contributed by atoms with E-state index in [0.717, 1.165) is 60.7 Å². The Balaban J connectivity index is 0.989. The highest BCUT2D eigenvalue weighted by Gasteiger charge is 2.42. The van der Waals surface area contributed by atoms with E-state index >= 15 is 0 Å². The maximum Gasteiger partial charge on any atom is 0.435 e. The maximum atomic E-state index is 14.0. The Bertz CT molecular complexity index is 2680. The van der Waals surface area contributed by atoms with Crippen LogP contribution in [0.4, 0.5) is 23.7 Å². The number of unbranched alkanes of at least 4 members (excludes halogenated alkanes) is 4. The summed E-state index contributed by atoms with van der Waals surface area (Å²) in [4.78, 5) is 66.2. The van der Waals surface area contributed by atoms with Crippen molar-refractivity contribution in [3.8, 4) is 22.7 Å². The third-order valence-corrected chi connectivity index (χ3v) is 14.1. The van der Waals surface area contributed by atoms with Crippen LogP contribution in [0.15, 0.2) is 82.8 Å². The van der Waals surface area contributed by atoms with E-state index in [2.05, 4.69) is 41.7 Å². The summed E-state index contributed by atoms with van der Waals surface area (Å²) in [5.74, 6) is -0.802. The minimum atomic E-state index is -4.85. The zero-order valence-electron chi connectivity index (χ0n) is 38.2. The Morgan fingerprint density at radius 3 is 2.26 bits per heavy atom. The van der Waals surface area contributed by atoms with Crippen LogP contribution in [-0.2, 0) is 30.6 Å². The molecule has 1 aromatic heterocycles. The fourth-order valence-electron chi connectivity index (χ4n) is 7.94. The lowest BCUT2D eigenvalue weighted by Crippen LogP contribution is -2.43. The van der Waals surface area contributed by atoms with E-state index in [0.29, 0.717) is 43.0 Å². The molecule has 3 heterocycles. The summed E-state index contributed by atoms with van der Waals surface area (Å²) in [6.45, 7) is 2.42. The summed E-state index contributed by atoms with van der Waals surface area (Å²) >= 11 is 1.85. The van der Waals surface area contributed by atoms with Crippen LogP contribution >= 0.6 is 11.8 Å². The molecule has 5 amide bonds. The minimum Gasteiger partial charge on any atom is -0.425 e. The summed E-state index contributed by atoms with van der Waals surface area (Å²) in [6, 6.07) is 14.6. The van der Waals surface area contributed by atoms with Crippen molar-refractivity contribution in [3.05, 3.63) is 100 Å². The van der Waals surface area contributed by atoms with E-state index in [4.69, 9.17) is 15.4 Å². The molecule has 0 spiro atoms. The molecule has 70 heavy (non-hydrogen) atoms. The van der Waals surface area contributed by atoms with Crippen molar-refractivity contribution in [1.29, 1.82) is 0 Å². The average Bonchev–Trinajstić information content (AvgIpc) is 4.04. The first-order valence-corrected chi connectivity index (χ1v) is 25.3. The van der Waals surface area contributed by atoms with E-state index in [1.807, 2.05) is 11.8 Å². The number of halogens is 3. The molecular formula is C46H54F3N11O8S2. The molecule has 4 aromatic rings. The summed E-state index contributed by atoms with van der Waals surface area (Å²) in [5, 5.41) is 27.2. The molecule has 0 saturated carbocycles. The van der Waals surface area contributed by atoms with Gasteiger partial charge in [-0.2, -0.15) is 30.0 Å². The van der Waals surface area contributed by atoms with Crippen LogP contribution in [0.2, 0.25) is 0 Å². The van der Waals surface area contributed by atoms with Crippen LogP contribution in [0.5, 0.6) is 5.75 Å². The van der Waals surface area contributed by atoms with Gasteiger partial charge in [0.05, 0.1) is 28.4 Å². The molecule has 7 N–H and O–H groups in total. The molecule has 24 heteroatoms. The summed E-state index contributed by atoms with van der Waals surface area (Å²) < 4.78 is 72.3. The number of esters is 1. The highest BCUT2D eigenvalue weighted by Crippen LogP contribution is 2.36. The topological polar surface area (TPSA) is 281 Å².